The van der Waals surface area contributed by atoms with E-state index in [1.165, 1.54) is 24.3 Å². The van der Waals surface area contributed by atoms with Crippen LogP contribution >= 0.6 is 15.9 Å². The average molecular weight is 369 g/mol. The van der Waals surface area contributed by atoms with Gasteiger partial charge in [-0.2, -0.15) is 0 Å². The summed E-state index contributed by atoms with van der Waals surface area (Å²) < 4.78 is 23.3. The zero-order valence-electron chi connectivity index (χ0n) is 11.1. The lowest BCUT2D eigenvalue weighted by Crippen LogP contribution is -2.14. The van der Waals surface area contributed by atoms with Crippen molar-refractivity contribution in [3.8, 4) is 0 Å². The van der Waals surface area contributed by atoms with Gasteiger partial charge in [-0.05, 0) is 55.0 Å². The normalized spacial score (nSPS) is 11.2. The molecule has 0 aliphatic rings. The maximum Gasteiger partial charge on any atom is 0.255 e. The lowest BCUT2D eigenvalue weighted by Gasteiger charge is -2.07. The highest BCUT2D eigenvalue weighted by molar-refractivity contribution is 9.10. The second-order valence-electron chi connectivity index (χ2n) is 4.49. The van der Waals surface area contributed by atoms with Gasteiger partial charge in [0.25, 0.3) is 5.91 Å². The van der Waals surface area contributed by atoms with Crippen molar-refractivity contribution >= 4 is 37.5 Å². The highest BCUT2D eigenvalue weighted by Crippen LogP contribution is 2.20. The van der Waals surface area contributed by atoms with Crippen molar-refractivity contribution < 1.29 is 13.2 Å². The van der Waals surface area contributed by atoms with Gasteiger partial charge in [-0.15, -0.1) is 0 Å². The van der Waals surface area contributed by atoms with E-state index in [4.69, 9.17) is 5.14 Å². The van der Waals surface area contributed by atoms with Crippen molar-refractivity contribution in [2.45, 2.75) is 11.8 Å². The Bertz CT molecular complexity index is 786. The third-order valence-electron chi connectivity index (χ3n) is 2.86. The van der Waals surface area contributed by atoms with Gasteiger partial charge in [-0.25, -0.2) is 13.6 Å². The summed E-state index contributed by atoms with van der Waals surface area (Å²) >= 11 is 3.39. The molecule has 3 N–H and O–H groups in total. The van der Waals surface area contributed by atoms with Gasteiger partial charge >= 0.3 is 0 Å². The Hall–Kier alpha value is -1.70. The highest BCUT2D eigenvalue weighted by atomic mass is 79.9. The molecule has 0 saturated heterocycles. The Kier molecular flexibility index (Phi) is 4.46. The number of hydrogen-bond acceptors (Lipinski definition) is 3. The zero-order valence-corrected chi connectivity index (χ0v) is 13.5. The first kappa shape index (κ1) is 15.7. The van der Waals surface area contributed by atoms with Gasteiger partial charge in [0.05, 0.1) is 4.90 Å². The van der Waals surface area contributed by atoms with Gasteiger partial charge in [0, 0.05) is 15.7 Å². The number of carbonyl (C=O) groups excluding carboxylic acids is 1. The predicted molar refractivity (Wildman–Crippen MR) is 84.6 cm³/mol. The SMILES string of the molecule is Cc1cc(NC(=O)c2ccc(S(N)(=O)=O)cc2)ccc1Br. The smallest absolute Gasteiger partial charge is 0.255 e. The molecule has 0 spiro atoms. The molecule has 0 heterocycles. The standard InChI is InChI=1S/C14H13BrN2O3S/c1-9-8-11(4-7-13(9)15)17-14(18)10-2-5-12(6-3-10)21(16,19)20/h2-8H,1H3,(H,17,18)(H2,16,19,20). The van der Waals surface area contributed by atoms with Crippen molar-refractivity contribution in [1.82, 2.24) is 0 Å². The summed E-state index contributed by atoms with van der Waals surface area (Å²) in [5.41, 5.74) is 2.01. The number of rotatable bonds is 3. The van der Waals surface area contributed by atoms with Crippen molar-refractivity contribution in [1.29, 1.82) is 0 Å². The Morgan fingerprint density at radius 3 is 2.29 bits per heavy atom. The molecular formula is C14H13BrN2O3S. The molecule has 7 heteroatoms. The molecule has 2 rings (SSSR count). The first-order valence-corrected chi connectivity index (χ1v) is 8.31. The summed E-state index contributed by atoms with van der Waals surface area (Å²) in [5, 5.41) is 7.75. The predicted octanol–water partition coefficient (Wildman–Crippen LogP) is 2.66. The van der Waals surface area contributed by atoms with Gasteiger partial charge < -0.3 is 5.32 Å². The van der Waals surface area contributed by atoms with Gasteiger partial charge in [0.1, 0.15) is 0 Å². The van der Waals surface area contributed by atoms with Crippen molar-refractivity contribution in [3.05, 3.63) is 58.1 Å². The summed E-state index contributed by atoms with van der Waals surface area (Å²) in [5.74, 6) is -0.322. The van der Waals surface area contributed by atoms with E-state index in [2.05, 4.69) is 21.2 Å². The van der Waals surface area contributed by atoms with E-state index in [0.717, 1.165) is 10.0 Å². The highest BCUT2D eigenvalue weighted by Gasteiger charge is 2.10. The molecule has 0 aliphatic carbocycles. The van der Waals surface area contributed by atoms with Gasteiger partial charge in [-0.3, -0.25) is 4.79 Å². The van der Waals surface area contributed by atoms with Crippen molar-refractivity contribution in [2.75, 3.05) is 5.32 Å². The number of nitrogens with one attached hydrogen (secondary N) is 1. The summed E-state index contributed by atoms with van der Waals surface area (Å²) in [6.45, 7) is 1.92. The second kappa shape index (κ2) is 5.97. The molecule has 0 saturated carbocycles. The molecule has 21 heavy (non-hydrogen) atoms. The molecule has 2 aromatic carbocycles. The number of nitrogens with two attached hydrogens (primary N) is 1. The average Bonchev–Trinajstić information content (AvgIpc) is 2.42. The van der Waals surface area contributed by atoms with Crippen LogP contribution in [0.15, 0.2) is 51.8 Å². The van der Waals surface area contributed by atoms with E-state index in [-0.39, 0.29) is 10.8 Å². The number of carbonyl (C=O) groups is 1. The number of hydrogen-bond donors (Lipinski definition) is 2. The van der Waals surface area contributed by atoms with Gasteiger partial charge in [-0.1, -0.05) is 15.9 Å². The number of amides is 1. The lowest BCUT2D eigenvalue weighted by atomic mass is 10.2. The van der Waals surface area contributed by atoms with Crippen LogP contribution in [0.1, 0.15) is 15.9 Å². The van der Waals surface area contributed by atoms with Gasteiger partial charge in [0.2, 0.25) is 10.0 Å². The summed E-state index contributed by atoms with van der Waals surface area (Å²) in [7, 11) is -3.75. The van der Waals surface area contributed by atoms with Crippen LogP contribution in [0.25, 0.3) is 0 Å². The fourth-order valence-electron chi connectivity index (χ4n) is 1.72. The molecule has 2 aromatic rings. The number of anilines is 1. The fraction of sp³-hybridized carbons (Fsp3) is 0.0714. The molecule has 0 aromatic heterocycles. The number of primary sulfonamides is 1. The van der Waals surface area contributed by atoms with Crippen LogP contribution < -0.4 is 10.5 Å². The van der Waals surface area contributed by atoms with Crippen molar-refractivity contribution in [3.63, 3.8) is 0 Å². The molecule has 0 fully saturated rings. The minimum absolute atomic E-state index is 0.0291. The van der Waals surface area contributed by atoms with Crippen LogP contribution in [0.2, 0.25) is 0 Å². The molecule has 1 amide bonds. The Balaban J connectivity index is 2.18. The van der Waals surface area contributed by atoms with Crippen LogP contribution in [0.3, 0.4) is 0 Å². The topological polar surface area (TPSA) is 89.3 Å². The maximum absolute atomic E-state index is 12.1. The molecular weight excluding hydrogens is 356 g/mol. The monoisotopic (exact) mass is 368 g/mol. The first-order chi connectivity index (χ1) is 9.77. The van der Waals surface area contributed by atoms with Crippen LogP contribution in [0.4, 0.5) is 5.69 Å². The third-order valence-corrected chi connectivity index (χ3v) is 4.68. The fourth-order valence-corrected chi connectivity index (χ4v) is 2.48. The Labute approximate surface area is 131 Å². The number of benzene rings is 2. The van der Waals surface area contributed by atoms with Crippen LogP contribution in [0, 0.1) is 6.92 Å². The first-order valence-electron chi connectivity index (χ1n) is 5.98. The molecule has 5 nitrogen and oxygen atoms in total. The van der Waals surface area contributed by atoms with E-state index >= 15 is 0 Å². The largest absolute Gasteiger partial charge is 0.322 e. The van der Waals surface area contributed by atoms with E-state index in [0.29, 0.717) is 11.3 Å². The lowest BCUT2D eigenvalue weighted by molar-refractivity contribution is 0.102. The minimum Gasteiger partial charge on any atom is -0.322 e. The molecule has 0 radical (unpaired) electrons. The van der Waals surface area contributed by atoms with Gasteiger partial charge in [0.15, 0.2) is 0 Å². The zero-order chi connectivity index (χ0) is 15.6. The molecule has 0 atom stereocenters. The third kappa shape index (κ3) is 3.90. The molecule has 110 valence electrons. The maximum atomic E-state index is 12.1. The van der Waals surface area contributed by atoms with E-state index in [1.54, 1.807) is 6.07 Å². The number of sulfonamides is 1. The second-order valence-corrected chi connectivity index (χ2v) is 6.90. The summed E-state index contributed by atoms with van der Waals surface area (Å²) in [4.78, 5) is 12.0. The van der Waals surface area contributed by atoms with E-state index < -0.39 is 10.0 Å². The molecule has 0 unspecified atom stereocenters. The minimum atomic E-state index is -3.75. The van der Waals surface area contributed by atoms with E-state index in [9.17, 15) is 13.2 Å². The van der Waals surface area contributed by atoms with Crippen molar-refractivity contribution in [2.24, 2.45) is 5.14 Å². The van der Waals surface area contributed by atoms with Crippen LogP contribution in [-0.2, 0) is 10.0 Å². The number of halogens is 1. The Morgan fingerprint density at radius 2 is 1.76 bits per heavy atom. The quantitative estimate of drug-likeness (QED) is 0.872. The molecule has 0 aliphatic heterocycles. The molecule has 0 bridgehead atoms. The van der Waals surface area contributed by atoms with Crippen LogP contribution in [-0.4, -0.2) is 14.3 Å². The van der Waals surface area contributed by atoms with Crippen LogP contribution in [0.5, 0.6) is 0 Å². The van der Waals surface area contributed by atoms with E-state index in [1.807, 2.05) is 19.1 Å². The Morgan fingerprint density at radius 1 is 1.14 bits per heavy atom. The summed E-state index contributed by atoms with van der Waals surface area (Å²) in [6, 6.07) is 10.9. The number of aryl methyl sites for hydroxylation is 1. The summed E-state index contributed by atoms with van der Waals surface area (Å²) in [6.07, 6.45) is 0.